The van der Waals surface area contributed by atoms with Crippen LogP contribution in [0.2, 0.25) is 5.02 Å². The smallest absolute Gasteiger partial charge is 0.317 e. The first kappa shape index (κ1) is 12.4. The fourth-order valence-electron chi connectivity index (χ4n) is 2.81. The number of piperidine rings is 1. The van der Waals surface area contributed by atoms with Gasteiger partial charge in [-0.15, -0.1) is 0 Å². The zero-order valence-electron chi connectivity index (χ0n) is 10.3. The molecule has 6 heteroatoms. The van der Waals surface area contributed by atoms with Gasteiger partial charge in [-0.05, 0) is 50.2 Å². The van der Waals surface area contributed by atoms with Gasteiger partial charge in [0.2, 0.25) is 0 Å². The Morgan fingerprint density at radius 1 is 1.11 bits per heavy atom. The summed E-state index contributed by atoms with van der Waals surface area (Å²) in [6, 6.07) is 6.63. The number of urea groups is 1. The van der Waals surface area contributed by atoms with E-state index in [1.807, 2.05) is 0 Å². The van der Waals surface area contributed by atoms with Gasteiger partial charge in [0.15, 0.2) is 0 Å². The number of nitrogens with one attached hydrogen (secondary N) is 2. The standard InChI is InChI=1S/C13H14ClN3O2/c14-9-1-3-10(4-2-9)17-12(19)16-11(18)13(17)5-7-15-8-6-13/h1-4,15H,5-8H2,(H,16,18,19). The molecule has 2 N–H and O–H groups in total. The summed E-state index contributed by atoms with van der Waals surface area (Å²) in [7, 11) is 0. The van der Waals surface area contributed by atoms with Crippen molar-refractivity contribution in [2.45, 2.75) is 18.4 Å². The SMILES string of the molecule is O=C1NC(=O)C2(CCNCC2)N1c1ccc(Cl)cc1. The second-order valence-electron chi connectivity index (χ2n) is 4.85. The molecule has 2 aliphatic rings. The summed E-state index contributed by atoms with van der Waals surface area (Å²) in [5, 5.41) is 6.25. The fourth-order valence-corrected chi connectivity index (χ4v) is 2.94. The monoisotopic (exact) mass is 279 g/mol. The first-order chi connectivity index (χ1) is 9.13. The van der Waals surface area contributed by atoms with E-state index in [1.54, 1.807) is 29.2 Å². The molecule has 5 nitrogen and oxygen atoms in total. The summed E-state index contributed by atoms with van der Waals surface area (Å²) in [5.41, 5.74) is -0.0504. The molecule has 100 valence electrons. The Kier molecular flexibility index (Phi) is 2.95. The molecule has 0 radical (unpaired) electrons. The molecule has 1 aromatic rings. The molecule has 2 aliphatic heterocycles. The molecule has 0 unspecified atom stereocenters. The van der Waals surface area contributed by atoms with E-state index in [0.29, 0.717) is 23.6 Å². The van der Waals surface area contributed by atoms with Crippen LogP contribution in [-0.4, -0.2) is 30.6 Å². The Morgan fingerprint density at radius 2 is 1.74 bits per heavy atom. The maximum absolute atomic E-state index is 12.2. The van der Waals surface area contributed by atoms with Crippen LogP contribution in [0, 0.1) is 0 Å². The topological polar surface area (TPSA) is 61.4 Å². The fraction of sp³-hybridized carbons (Fsp3) is 0.385. The minimum absolute atomic E-state index is 0.200. The third kappa shape index (κ3) is 1.89. The molecule has 19 heavy (non-hydrogen) atoms. The minimum atomic E-state index is -0.754. The number of benzene rings is 1. The van der Waals surface area contributed by atoms with Gasteiger partial charge in [0.05, 0.1) is 0 Å². The molecule has 3 amide bonds. The maximum atomic E-state index is 12.2. The van der Waals surface area contributed by atoms with Crippen molar-refractivity contribution in [1.29, 1.82) is 0 Å². The Balaban J connectivity index is 2.03. The lowest BCUT2D eigenvalue weighted by molar-refractivity contribution is -0.124. The van der Waals surface area contributed by atoms with Gasteiger partial charge in [0, 0.05) is 10.7 Å². The van der Waals surface area contributed by atoms with E-state index in [0.717, 1.165) is 13.1 Å². The first-order valence-electron chi connectivity index (χ1n) is 6.25. The van der Waals surface area contributed by atoms with E-state index in [-0.39, 0.29) is 11.9 Å². The third-order valence-electron chi connectivity index (χ3n) is 3.79. The van der Waals surface area contributed by atoms with Crippen molar-refractivity contribution in [2.75, 3.05) is 18.0 Å². The van der Waals surface area contributed by atoms with E-state index in [2.05, 4.69) is 10.6 Å². The second kappa shape index (κ2) is 4.51. The number of rotatable bonds is 1. The van der Waals surface area contributed by atoms with Crippen molar-refractivity contribution >= 4 is 29.2 Å². The number of halogens is 1. The lowest BCUT2D eigenvalue weighted by Crippen LogP contribution is -2.56. The summed E-state index contributed by atoms with van der Waals surface area (Å²) < 4.78 is 0. The molecule has 0 bridgehead atoms. The van der Waals surface area contributed by atoms with Crippen LogP contribution >= 0.6 is 11.6 Å². The summed E-state index contributed by atoms with van der Waals surface area (Å²) in [5.74, 6) is -0.200. The summed E-state index contributed by atoms with van der Waals surface area (Å²) >= 11 is 5.86. The van der Waals surface area contributed by atoms with Crippen LogP contribution in [0.4, 0.5) is 10.5 Å². The summed E-state index contributed by atoms with van der Waals surface area (Å²) in [6.45, 7) is 1.45. The molecular weight excluding hydrogens is 266 g/mol. The molecular formula is C13H14ClN3O2. The largest absolute Gasteiger partial charge is 0.329 e. The normalized spacial score (nSPS) is 21.8. The number of imide groups is 1. The van der Waals surface area contributed by atoms with Gasteiger partial charge in [-0.2, -0.15) is 0 Å². The maximum Gasteiger partial charge on any atom is 0.329 e. The van der Waals surface area contributed by atoms with Crippen LogP contribution in [-0.2, 0) is 4.79 Å². The highest BCUT2D eigenvalue weighted by molar-refractivity contribution is 6.30. The van der Waals surface area contributed by atoms with Crippen LogP contribution < -0.4 is 15.5 Å². The van der Waals surface area contributed by atoms with Gasteiger partial charge in [0.1, 0.15) is 5.54 Å². The van der Waals surface area contributed by atoms with Crippen LogP contribution in [0.5, 0.6) is 0 Å². The average Bonchev–Trinajstić information content (AvgIpc) is 2.64. The predicted molar refractivity (Wildman–Crippen MR) is 72.3 cm³/mol. The molecule has 2 heterocycles. The van der Waals surface area contributed by atoms with Crippen molar-refractivity contribution < 1.29 is 9.59 Å². The molecule has 0 aliphatic carbocycles. The molecule has 1 aromatic carbocycles. The Bertz CT molecular complexity index is 523. The number of hydrogen-bond acceptors (Lipinski definition) is 3. The van der Waals surface area contributed by atoms with Crippen molar-refractivity contribution in [2.24, 2.45) is 0 Å². The van der Waals surface area contributed by atoms with Crippen molar-refractivity contribution in [3.63, 3.8) is 0 Å². The number of carbonyl (C=O) groups is 2. The highest BCUT2D eigenvalue weighted by atomic mass is 35.5. The van der Waals surface area contributed by atoms with Crippen molar-refractivity contribution in [3.05, 3.63) is 29.3 Å². The van der Waals surface area contributed by atoms with Crippen LogP contribution in [0.15, 0.2) is 24.3 Å². The molecule has 2 saturated heterocycles. The van der Waals surface area contributed by atoms with Gasteiger partial charge in [0.25, 0.3) is 5.91 Å². The quantitative estimate of drug-likeness (QED) is 0.766. The molecule has 1 spiro atoms. The van der Waals surface area contributed by atoms with E-state index < -0.39 is 5.54 Å². The molecule has 3 rings (SSSR count). The minimum Gasteiger partial charge on any atom is -0.317 e. The van der Waals surface area contributed by atoms with E-state index in [1.165, 1.54) is 0 Å². The van der Waals surface area contributed by atoms with Crippen LogP contribution in [0.25, 0.3) is 0 Å². The van der Waals surface area contributed by atoms with Crippen molar-refractivity contribution in [3.8, 4) is 0 Å². The lowest BCUT2D eigenvalue weighted by atomic mass is 9.86. The summed E-state index contributed by atoms with van der Waals surface area (Å²) in [4.78, 5) is 25.8. The zero-order valence-corrected chi connectivity index (χ0v) is 11.0. The van der Waals surface area contributed by atoms with Crippen LogP contribution in [0.3, 0.4) is 0 Å². The van der Waals surface area contributed by atoms with E-state index in [4.69, 9.17) is 11.6 Å². The van der Waals surface area contributed by atoms with Gasteiger partial charge in [-0.3, -0.25) is 15.0 Å². The van der Waals surface area contributed by atoms with Crippen LogP contribution in [0.1, 0.15) is 12.8 Å². The van der Waals surface area contributed by atoms with Gasteiger partial charge >= 0.3 is 6.03 Å². The molecule has 2 fully saturated rings. The van der Waals surface area contributed by atoms with Gasteiger partial charge < -0.3 is 5.32 Å². The lowest BCUT2D eigenvalue weighted by Gasteiger charge is -2.38. The van der Waals surface area contributed by atoms with E-state index in [9.17, 15) is 9.59 Å². The van der Waals surface area contributed by atoms with Crippen molar-refractivity contribution in [1.82, 2.24) is 10.6 Å². The number of anilines is 1. The van der Waals surface area contributed by atoms with E-state index >= 15 is 0 Å². The number of carbonyl (C=O) groups excluding carboxylic acids is 2. The van der Waals surface area contributed by atoms with Gasteiger partial charge in [-0.25, -0.2) is 4.79 Å². The number of amides is 3. The predicted octanol–water partition coefficient (Wildman–Crippen LogP) is 1.52. The second-order valence-corrected chi connectivity index (χ2v) is 5.29. The third-order valence-corrected chi connectivity index (χ3v) is 4.04. The Morgan fingerprint density at radius 3 is 2.37 bits per heavy atom. The Labute approximate surface area is 115 Å². The number of hydrogen-bond donors (Lipinski definition) is 2. The number of nitrogens with zero attached hydrogens (tertiary/aromatic N) is 1. The molecule has 0 atom stereocenters. The zero-order chi connectivity index (χ0) is 13.5. The first-order valence-corrected chi connectivity index (χ1v) is 6.63. The molecule has 0 aromatic heterocycles. The highest BCUT2D eigenvalue weighted by Crippen LogP contribution is 2.35. The summed E-state index contributed by atoms with van der Waals surface area (Å²) in [6.07, 6.45) is 1.24. The molecule has 0 saturated carbocycles. The highest BCUT2D eigenvalue weighted by Gasteiger charge is 2.53. The van der Waals surface area contributed by atoms with Gasteiger partial charge in [-0.1, -0.05) is 11.6 Å². The average molecular weight is 280 g/mol. The Hall–Kier alpha value is -1.59.